The van der Waals surface area contributed by atoms with Crippen LogP contribution in [0.4, 0.5) is 5.13 Å². The summed E-state index contributed by atoms with van der Waals surface area (Å²) in [6.45, 7) is 0. The number of nitrogen functional groups attached to an aromatic ring is 1. The molecule has 0 aliphatic rings. The first kappa shape index (κ1) is 9.94. The number of halogens is 1. The lowest BCUT2D eigenvalue weighted by molar-refractivity contribution is 0.214. The molecule has 0 saturated carbocycles. The average molecular weight is 219 g/mol. The highest BCUT2D eigenvalue weighted by Gasteiger charge is 2.14. The third-order valence-corrected chi connectivity index (χ3v) is 2.19. The number of anilines is 1. The Morgan fingerprint density at radius 3 is 2.92 bits per heavy atom. The van der Waals surface area contributed by atoms with E-state index in [4.69, 9.17) is 17.3 Å². The molecule has 1 aromatic heterocycles. The second kappa shape index (κ2) is 4.20. The highest BCUT2D eigenvalue weighted by atomic mass is 35.5. The van der Waals surface area contributed by atoms with Crippen LogP contribution in [0.2, 0.25) is 4.34 Å². The van der Waals surface area contributed by atoms with Crippen LogP contribution < -0.4 is 5.73 Å². The van der Waals surface area contributed by atoms with E-state index in [0.717, 1.165) is 11.3 Å². The van der Waals surface area contributed by atoms with Crippen molar-refractivity contribution in [3.05, 3.63) is 10.0 Å². The number of nitrogens with zero attached hydrogens (tertiary/aromatic N) is 2. The van der Waals surface area contributed by atoms with E-state index in [0.29, 0.717) is 0 Å². The highest BCUT2D eigenvalue weighted by molar-refractivity contribution is 7.19. The first-order chi connectivity index (χ1) is 6.19. The summed E-state index contributed by atoms with van der Waals surface area (Å²) < 4.78 is 0.289. The second-order valence-corrected chi connectivity index (χ2v) is 3.53. The molecule has 0 bridgehead atoms. The van der Waals surface area contributed by atoms with E-state index in [9.17, 15) is 4.79 Å². The predicted octanol–water partition coefficient (Wildman–Crippen LogP) is 0.839. The fourth-order valence-electron chi connectivity index (χ4n) is 0.665. The minimum absolute atomic E-state index is 0.0968. The van der Waals surface area contributed by atoms with Crippen molar-refractivity contribution in [3.63, 3.8) is 0 Å². The van der Waals surface area contributed by atoms with Crippen LogP contribution in [0.3, 0.4) is 0 Å². The molecule has 1 rings (SSSR count). The molecule has 1 heterocycles. The largest absolute Gasteiger partial charge is 0.398 e. The molecule has 0 aliphatic heterocycles. The van der Waals surface area contributed by atoms with Crippen molar-refractivity contribution in [2.45, 2.75) is 0 Å². The lowest BCUT2D eigenvalue weighted by atomic mass is 10.3. The molecule has 0 amide bonds. The highest BCUT2D eigenvalue weighted by Crippen LogP contribution is 2.25. The van der Waals surface area contributed by atoms with E-state index < -0.39 is 0 Å². The number of nitrogens with two attached hydrogens (primary N) is 1. The van der Waals surface area contributed by atoms with E-state index in [1.807, 2.05) is 0 Å². The Hall–Kier alpha value is -1.14. The van der Waals surface area contributed by atoms with E-state index >= 15 is 0 Å². The van der Waals surface area contributed by atoms with Crippen LogP contribution >= 0.6 is 22.9 Å². The van der Waals surface area contributed by atoms with Gasteiger partial charge in [-0.3, -0.25) is 4.79 Å². The summed E-state index contributed by atoms with van der Waals surface area (Å²) in [6.07, 6.45) is 1.55. The minimum Gasteiger partial charge on any atom is -0.398 e. The molecule has 0 aromatic carbocycles. The first-order valence-electron chi connectivity index (χ1n) is 3.10. The first-order valence-corrected chi connectivity index (χ1v) is 4.30. The molecule has 69 valence electrons. The summed E-state index contributed by atoms with van der Waals surface area (Å²) in [6, 6.07) is 0. The van der Waals surface area contributed by atoms with Gasteiger partial charge in [0.25, 0.3) is 6.29 Å². The molecule has 0 saturated heterocycles. The van der Waals surface area contributed by atoms with Gasteiger partial charge in [-0.2, -0.15) is 0 Å². The van der Waals surface area contributed by atoms with Crippen LogP contribution in [0.15, 0.2) is 5.16 Å². The summed E-state index contributed by atoms with van der Waals surface area (Å²) in [5.74, 6) is 0. The maximum absolute atomic E-state index is 10.4. The number of hydrogen-bond donors (Lipinski definition) is 1. The third kappa shape index (κ3) is 2.16. The zero-order valence-electron chi connectivity index (χ0n) is 6.57. The van der Waals surface area contributed by atoms with Gasteiger partial charge in [0.15, 0.2) is 10.8 Å². The normalized spacial score (nSPS) is 11.4. The summed E-state index contributed by atoms with van der Waals surface area (Å²) in [5.41, 5.74) is 5.46. The van der Waals surface area contributed by atoms with Crippen LogP contribution in [0.5, 0.6) is 0 Å². The van der Waals surface area contributed by atoms with Crippen molar-refractivity contribution < 1.29 is 9.63 Å². The van der Waals surface area contributed by atoms with E-state index in [-0.39, 0.29) is 20.9 Å². The van der Waals surface area contributed by atoms with E-state index in [1.54, 1.807) is 6.29 Å². The molecular weight excluding hydrogens is 214 g/mol. The molecule has 0 atom stereocenters. The van der Waals surface area contributed by atoms with Gasteiger partial charge in [-0.05, 0) is 0 Å². The van der Waals surface area contributed by atoms with Gasteiger partial charge in [0.05, 0.1) is 0 Å². The summed E-state index contributed by atoms with van der Waals surface area (Å²) in [5, 5.41) is 3.65. The van der Waals surface area contributed by atoms with Gasteiger partial charge < -0.3 is 10.6 Å². The van der Waals surface area contributed by atoms with Gasteiger partial charge in [0, 0.05) is 0 Å². The van der Waals surface area contributed by atoms with Crippen LogP contribution in [0.1, 0.15) is 5.69 Å². The van der Waals surface area contributed by atoms with Gasteiger partial charge in [-0.15, -0.1) is 0 Å². The van der Waals surface area contributed by atoms with Gasteiger partial charge in [0.2, 0.25) is 0 Å². The molecule has 0 aliphatic carbocycles. The van der Waals surface area contributed by atoms with E-state index in [1.165, 1.54) is 7.11 Å². The Kier molecular flexibility index (Phi) is 3.21. The lowest BCUT2D eigenvalue weighted by Crippen LogP contribution is -2.04. The molecule has 0 spiro atoms. The van der Waals surface area contributed by atoms with Gasteiger partial charge in [0.1, 0.15) is 17.1 Å². The fourth-order valence-corrected chi connectivity index (χ4v) is 1.59. The summed E-state index contributed by atoms with van der Waals surface area (Å²) in [4.78, 5) is 18.6. The summed E-state index contributed by atoms with van der Waals surface area (Å²) in [7, 11) is 1.31. The zero-order chi connectivity index (χ0) is 9.84. The molecule has 1 radical (unpaired) electrons. The Bertz CT molecular complexity index is 350. The predicted molar refractivity (Wildman–Crippen MR) is 50.8 cm³/mol. The minimum atomic E-state index is -0.0968. The Morgan fingerprint density at radius 1 is 1.85 bits per heavy atom. The topological polar surface area (TPSA) is 77.6 Å². The van der Waals surface area contributed by atoms with Crippen molar-refractivity contribution in [1.82, 2.24) is 4.98 Å². The van der Waals surface area contributed by atoms with Crippen molar-refractivity contribution >= 4 is 40.1 Å². The van der Waals surface area contributed by atoms with Crippen molar-refractivity contribution in [3.8, 4) is 0 Å². The smallest absolute Gasteiger partial charge is 0.259 e. The van der Waals surface area contributed by atoms with Crippen molar-refractivity contribution in [2.24, 2.45) is 5.16 Å². The molecule has 1 aromatic rings. The Morgan fingerprint density at radius 2 is 2.54 bits per heavy atom. The van der Waals surface area contributed by atoms with Crippen LogP contribution in [-0.2, 0) is 9.63 Å². The number of oxime groups is 1. The fraction of sp³-hybridized carbons (Fsp3) is 0.167. The number of carbonyl (C=O) groups excluding carboxylic acids is 1. The molecule has 0 fully saturated rings. The maximum Gasteiger partial charge on any atom is 0.259 e. The van der Waals surface area contributed by atoms with Gasteiger partial charge in [-0.25, -0.2) is 4.98 Å². The monoisotopic (exact) mass is 218 g/mol. The van der Waals surface area contributed by atoms with E-state index in [2.05, 4.69) is 15.0 Å². The van der Waals surface area contributed by atoms with Crippen molar-refractivity contribution in [2.75, 3.05) is 12.8 Å². The Labute approximate surface area is 83.2 Å². The molecule has 0 unspecified atom stereocenters. The molecular formula is C6H5ClN3O2S. The number of thiazole rings is 1. The maximum atomic E-state index is 10.4. The zero-order valence-corrected chi connectivity index (χ0v) is 8.15. The van der Waals surface area contributed by atoms with Crippen LogP contribution in [0.25, 0.3) is 0 Å². The van der Waals surface area contributed by atoms with Crippen LogP contribution in [-0.4, -0.2) is 24.1 Å². The SMILES string of the molecule is CON=C([C]=O)c1nc(N)sc1Cl. The Balaban J connectivity index is 3.11. The quantitative estimate of drug-likeness (QED) is 0.602. The van der Waals surface area contributed by atoms with Crippen LogP contribution in [0, 0.1) is 0 Å². The third-order valence-electron chi connectivity index (χ3n) is 1.11. The van der Waals surface area contributed by atoms with Gasteiger partial charge >= 0.3 is 0 Å². The molecule has 5 nitrogen and oxygen atoms in total. The molecule has 2 N–H and O–H groups in total. The average Bonchev–Trinajstić information content (AvgIpc) is 2.41. The molecule has 13 heavy (non-hydrogen) atoms. The number of hydrogen-bond acceptors (Lipinski definition) is 6. The number of rotatable bonds is 3. The van der Waals surface area contributed by atoms with Crippen molar-refractivity contribution in [1.29, 1.82) is 0 Å². The number of aromatic nitrogens is 1. The summed E-state index contributed by atoms with van der Waals surface area (Å²) >= 11 is 6.77. The standard InChI is InChI=1S/C6H5ClN3O2S/c1-12-10-3(2-11)4-5(7)13-6(8)9-4/h1H3,(H2,8,9). The van der Waals surface area contributed by atoms with Gasteiger partial charge in [-0.1, -0.05) is 28.1 Å². The second-order valence-electron chi connectivity index (χ2n) is 1.90. The lowest BCUT2D eigenvalue weighted by Gasteiger charge is -1.91. The molecule has 7 heteroatoms.